The third kappa shape index (κ3) is 73.1. The zero-order valence-electron chi connectivity index (χ0n) is 66.6. The van der Waals surface area contributed by atoms with Crippen LogP contribution in [-0.4, -0.2) is 96.7 Å². The molecule has 0 heterocycles. The Balaban J connectivity index is 5.24. The van der Waals surface area contributed by atoms with E-state index >= 15 is 0 Å². The second-order valence-corrected chi connectivity index (χ2v) is 33.0. The lowest BCUT2D eigenvalue weighted by Gasteiger charge is -2.21. The summed E-state index contributed by atoms with van der Waals surface area (Å²) in [5, 5.41) is 10.6. The van der Waals surface area contributed by atoms with Gasteiger partial charge in [-0.3, -0.25) is 37.3 Å². The molecule has 0 rings (SSSR count). The molecule has 0 fully saturated rings. The Morgan fingerprint density at radius 3 is 0.873 bits per heavy atom. The van der Waals surface area contributed by atoms with Gasteiger partial charge >= 0.3 is 39.5 Å². The van der Waals surface area contributed by atoms with Gasteiger partial charge in [-0.25, -0.2) is 9.13 Å². The number of unbranched alkanes of at least 4 members (excludes halogenated alkanes) is 42. The molecule has 0 amide bonds. The highest BCUT2D eigenvalue weighted by molar-refractivity contribution is 7.47. The van der Waals surface area contributed by atoms with Crippen LogP contribution in [0.3, 0.4) is 0 Å². The van der Waals surface area contributed by atoms with Crippen LogP contribution in [0.4, 0.5) is 0 Å². The Kier molecular flexibility index (Phi) is 71.0. The van der Waals surface area contributed by atoms with E-state index in [9.17, 15) is 43.2 Å². The lowest BCUT2D eigenvalue weighted by molar-refractivity contribution is -0.161. The van der Waals surface area contributed by atoms with Crippen LogP contribution < -0.4 is 0 Å². The molecule has 0 aliphatic rings. The number of esters is 4. The Morgan fingerprint density at radius 2 is 0.578 bits per heavy atom. The minimum absolute atomic E-state index is 0.0853. The summed E-state index contributed by atoms with van der Waals surface area (Å²) in [6.07, 6.45) is 64.7. The number of hydrogen-bond acceptors (Lipinski definition) is 15. The van der Waals surface area contributed by atoms with Crippen LogP contribution in [0.15, 0.2) is 24.3 Å². The first-order valence-corrected chi connectivity index (χ1v) is 45.2. The number of phosphoric acid groups is 2. The van der Waals surface area contributed by atoms with Gasteiger partial charge in [0.2, 0.25) is 0 Å². The van der Waals surface area contributed by atoms with Gasteiger partial charge in [-0.2, -0.15) is 0 Å². The first-order chi connectivity index (χ1) is 49.3. The van der Waals surface area contributed by atoms with Crippen molar-refractivity contribution in [2.75, 3.05) is 39.6 Å². The summed E-state index contributed by atoms with van der Waals surface area (Å²) in [5.41, 5.74) is 0. The highest BCUT2D eigenvalue weighted by Gasteiger charge is 2.30. The number of carbonyl (C=O) groups excluding carboxylic acids is 4. The smallest absolute Gasteiger partial charge is 0.462 e. The Labute approximate surface area is 624 Å². The average Bonchev–Trinajstić information content (AvgIpc) is 0.913. The van der Waals surface area contributed by atoms with Crippen molar-refractivity contribution in [2.45, 2.75) is 426 Å². The molecule has 0 aromatic rings. The highest BCUT2D eigenvalue weighted by Crippen LogP contribution is 2.45. The van der Waals surface area contributed by atoms with Gasteiger partial charge in [0.05, 0.1) is 26.4 Å². The molecule has 0 bridgehead atoms. The fourth-order valence-electron chi connectivity index (χ4n) is 12.2. The molecule has 0 aromatic carbocycles. The van der Waals surface area contributed by atoms with Crippen LogP contribution in [0.25, 0.3) is 0 Å². The van der Waals surface area contributed by atoms with E-state index in [2.05, 4.69) is 72.8 Å². The van der Waals surface area contributed by atoms with E-state index in [-0.39, 0.29) is 25.7 Å². The summed E-state index contributed by atoms with van der Waals surface area (Å²) in [7, 11) is -9.94. The van der Waals surface area contributed by atoms with Gasteiger partial charge in [-0.15, -0.1) is 0 Å². The average molecular weight is 1490 g/mol. The molecule has 19 heteroatoms. The van der Waals surface area contributed by atoms with E-state index in [0.717, 1.165) is 127 Å². The van der Waals surface area contributed by atoms with Crippen LogP contribution in [0.5, 0.6) is 0 Å². The summed E-state index contributed by atoms with van der Waals surface area (Å²) in [6.45, 7) is 11.9. The summed E-state index contributed by atoms with van der Waals surface area (Å²) in [4.78, 5) is 73.0. The Morgan fingerprint density at radius 1 is 0.324 bits per heavy atom. The largest absolute Gasteiger partial charge is 0.472 e. The van der Waals surface area contributed by atoms with Crippen molar-refractivity contribution < 1.29 is 80.2 Å². The minimum atomic E-state index is -4.97. The van der Waals surface area contributed by atoms with Crippen molar-refractivity contribution in [3.8, 4) is 0 Å². The van der Waals surface area contributed by atoms with Gasteiger partial charge in [0.25, 0.3) is 0 Å². The summed E-state index contributed by atoms with van der Waals surface area (Å²) in [6, 6.07) is 0. The standard InChI is InChI=1S/C83H158O17P2/c1-8-11-12-13-14-15-16-17-22-27-33-38-43-52-59-66-82(87)99-78(70-93-80(85)64-57-50-42-37-32-26-24-21-19-18-20-23-25-31-36-41-48-55-62-75(6)9-2)72-97-101(89,90)95-68-77(84)69-96-102(91,92)98-73-79(71-94-81(86)65-58-51-46-45-49-56-63-76(7)10-3)100-83(88)67-60-53-44-39-34-29-28-30-35-40-47-54-61-74(4)5/h15-17,22,74-79,84H,8-14,18-21,23-73H2,1-7H3,(H,89,90)(H,91,92)/b16-15-,22-17-/t75?,76?,77-,78-,79-/m1/s1. The van der Waals surface area contributed by atoms with Gasteiger partial charge in [0.15, 0.2) is 12.2 Å². The molecule has 4 unspecified atom stereocenters. The van der Waals surface area contributed by atoms with Crippen molar-refractivity contribution in [1.82, 2.24) is 0 Å². The number of rotatable bonds is 79. The molecule has 0 aliphatic carbocycles. The van der Waals surface area contributed by atoms with Crippen LogP contribution >= 0.6 is 15.6 Å². The van der Waals surface area contributed by atoms with E-state index in [1.165, 1.54) is 199 Å². The molecule has 0 aromatic heterocycles. The molecule has 0 spiro atoms. The number of ether oxygens (including phenoxy) is 4. The third-order valence-corrected chi connectivity index (χ3v) is 21.4. The number of allylic oxidation sites excluding steroid dienone is 4. The normalized spacial score (nSPS) is 14.6. The summed E-state index contributed by atoms with van der Waals surface area (Å²) < 4.78 is 68.7. The van der Waals surface area contributed by atoms with Crippen LogP contribution in [0.2, 0.25) is 0 Å². The number of hydrogen-bond donors (Lipinski definition) is 3. The fraction of sp³-hybridized carbons (Fsp3) is 0.904. The van der Waals surface area contributed by atoms with Crippen LogP contribution in [-0.2, 0) is 65.4 Å². The van der Waals surface area contributed by atoms with E-state index < -0.39 is 97.5 Å². The first kappa shape index (κ1) is 99.5. The molecular formula is C83H158O17P2. The molecule has 0 saturated heterocycles. The van der Waals surface area contributed by atoms with Crippen molar-refractivity contribution in [3.05, 3.63) is 24.3 Å². The molecule has 0 aliphatic heterocycles. The second-order valence-electron chi connectivity index (χ2n) is 30.1. The number of phosphoric ester groups is 2. The van der Waals surface area contributed by atoms with Crippen molar-refractivity contribution in [2.24, 2.45) is 17.8 Å². The molecule has 102 heavy (non-hydrogen) atoms. The van der Waals surface area contributed by atoms with E-state index in [1.807, 2.05) is 0 Å². The molecule has 3 N–H and O–H groups in total. The molecule has 0 saturated carbocycles. The maximum Gasteiger partial charge on any atom is 0.472 e. The lowest BCUT2D eigenvalue weighted by Crippen LogP contribution is -2.30. The van der Waals surface area contributed by atoms with Crippen molar-refractivity contribution >= 4 is 39.5 Å². The van der Waals surface area contributed by atoms with Crippen molar-refractivity contribution in [3.63, 3.8) is 0 Å². The molecule has 17 nitrogen and oxygen atoms in total. The van der Waals surface area contributed by atoms with Gasteiger partial charge in [-0.05, 0) is 69.1 Å². The van der Waals surface area contributed by atoms with Gasteiger partial charge in [0, 0.05) is 25.7 Å². The zero-order chi connectivity index (χ0) is 75.1. The van der Waals surface area contributed by atoms with Gasteiger partial charge in [-0.1, -0.05) is 355 Å². The van der Waals surface area contributed by atoms with E-state index in [4.69, 9.17) is 37.0 Å². The topological polar surface area (TPSA) is 237 Å². The fourth-order valence-corrected chi connectivity index (χ4v) is 13.8. The monoisotopic (exact) mass is 1490 g/mol. The van der Waals surface area contributed by atoms with Crippen LogP contribution in [0, 0.1) is 17.8 Å². The molecule has 0 radical (unpaired) electrons. The predicted molar refractivity (Wildman–Crippen MR) is 418 cm³/mol. The first-order valence-electron chi connectivity index (χ1n) is 42.2. The number of carbonyl (C=O) groups is 4. The summed E-state index contributed by atoms with van der Waals surface area (Å²) >= 11 is 0. The van der Waals surface area contributed by atoms with Gasteiger partial charge in [0.1, 0.15) is 19.3 Å². The predicted octanol–water partition coefficient (Wildman–Crippen LogP) is 24.5. The third-order valence-electron chi connectivity index (χ3n) is 19.5. The second kappa shape index (κ2) is 72.7. The SMILES string of the molecule is CCCCCC/C=C\C=C/CCCCCCCC(=O)O[C@H](COC(=O)CCCCCCCCCCCCCCCCCCCCC(C)CC)COP(=O)(O)OC[C@@H](O)COP(=O)(O)OC[C@@H](COC(=O)CCCCCCCCC(C)CC)OC(=O)CCCCCCCCCCCCCCC(C)C. The number of aliphatic hydroxyl groups excluding tert-OH is 1. The quantitative estimate of drug-likeness (QED) is 0.0169. The highest BCUT2D eigenvalue weighted by atomic mass is 31.2. The Hall–Kier alpha value is -2.46. The van der Waals surface area contributed by atoms with E-state index in [1.54, 1.807) is 0 Å². The van der Waals surface area contributed by atoms with E-state index in [0.29, 0.717) is 25.7 Å². The van der Waals surface area contributed by atoms with Crippen molar-refractivity contribution in [1.29, 1.82) is 0 Å². The van der Waals surface area contributed by atoms with Gasteiger partial charge < -0.3 is 33.8 Å². The zero-order valence-corrected chi connectivity index (χ0v) is 68.4. The maximum absolute atomic E-state index is 13.1. The summed E-state index contributed by atoms with van der Waals surface area (Å²) in [5.74, 6) is 0.235. The van der Waals surface area contributed by atoms with Crippen LogP contribution in [0.1, 0.15) is 408 Å². The Bertz CT molecular complexity index is 2070. The molecule has 7 atom stereocenters. The molecular weight excluding hydrogens is 1330 g/mol. The lowest BCUT2D eigenvalue weighted by atomic mass is 9.99. The number of aliphatic hydroxyl groups is 1. The minimum Gasteiger partial charge on any atom is -0.462 e. The maximum atomic E-state index is 13.1. The molecule has 602 valence electrons.